The molecule has 1 aliphatic heterocycles. The zero-order valence-corrected chi connectivity index (χ0v) is 19.9. The topological polar surface area (TPSA) is 116 Å². The van der Waals surface area contributed by atoms with Crippen LogP contribution in [0.1, 0.15) is 18.4 Å². The summed E-state index contributed by atoms with van der Waals surface area (Å²) in [6.45, 7) is 3.23. The number of benzene rings is 1. The number of carbonyl (C=O) groups is 1. The summed E-state index contributed by atoms with van der Waals surface area (Å²) >= 11 is 12.4. The van der Waals surface area contributed by atoms with Crippen LogP contribution < -0.4 is 21.1 Å². The first-order valence-corrected chi connectivity index (χ1v) is 11.4. The van der Waals surface area contributed by atoms with E-state index in [1.807, 2.05) is 12.1 Å². The first-order valence-electron chi connectivity index (χ1n) is 10.7. The van der Waals surface area contributed by atoms with Crippen LogP contribution in [0.25, 0.3) is 11.3 Å². The Labute approximate surface area is 203 Å². The van der Waals surface area contributed by atoms with E-state index >= 15 is 0 Å². The van der Waals surface area contributed by atoms with Gasteiger partial charge in [0.05, 0.1) is 11.9 Å². The average Bonchev–Trinajstić information content (AvgIpc) is 2.81. The quantitative estimate of drug-likeness (QED) is 0.329. The molecule has 0 atom stereocenters. The van der Waals surface area contributed by atoms with E-state index in [0.29, 0.717) is 40.6 Å². The number of nitrogens with zero attached hydrogens (tertiary/aromatic N) is 2. The summed E-state index contributed by atoms with van der Waals surface area (Å²) in [7, 11) is 1.62. The van der Waals surface area contributed by atoms with Gasteiger partial charge in [0, 0.05) is 48.0 Å². The van der Waals surface area contributed by atoms with Gasteiger partial charge in [0.1, 0.15) is 0 Å². The molecular formula is C23H28Cl2N6O2. The maximum atomic E-state index is 11.4. The third kappa shape index (κ3) is 7.35. The van der Waals surface area contributed by atoms with Gasteiger partial charge in [0.15, 0.2) is 5.76 Å². The Morgan fingerprint density at radius 2 is 1.94 bits per heavy atom. The number of carbonyl (C=O) groups excluding carboxylic acids is 1. The van der Waals surface area contributed by atoms with Gasteiger partial charge in [-0.25, -0.2) is 9.78 Å². The highest BCUT2D eigenvalue weighted by atomic mass is 35.5. The van der Waals surface area contributed by atoms with E-state index in [0.717, 1.165) is 43.3 Å². The Balaban J connectivity index is 1.76. The van der Waals surface area contributed by atoms with Gasteiger partial charge >= 0.3 is 6.03 Å². The summed E-state index contributed by atoms with van der Waals surface area (Å²) in [4.78, 5) is 18.3. The number of hydrogen-bond donors (Lipinski definition) is 4. The number of allylic oxidation sites excluding steroid dienone is 1. The summed E-state index contributed by atoms with van der Waals surface area (Å²) in [6.07, 6.45) is 4.25. The molecule has 176 valence electrons. The summed E-state index contributed by atoms with van der Waals surface area (Å²) in [6, 6.07) is 8.95. The number of nitrogens with one attached hydrogen (secondary N) is 3. The molecule has 2 heterocycles. The lowest BCUT2D eigenvalue weighted by molar-refractivity contribution is 0.175. The number of hydrogen-bond acceptors (Lipinski definition) is 6. The second-order valence-electron chi connectivity index (χ2n) is 7.85. The molecular weight excluding hydrogens is 463 g/mol. The highest BCUT2D eigenvalue weighted by Crippen LogP contribution is 2.29. The number of halogens is 2. The van der Waals surface area contributed by atoms with Crippen LogP contribution in [-0.4, -0.2) is 48.8 Å². The highest BCUT2D eigenvalue weighted by Gasteiger charge is 2.20. The van der Waals surface area contributed by atoms with E-state index in [4.69, 9.17) is 39.1 Å². The number of rotatable bonds is 8. The number of amides is 2. The number of likely N-dealkylation sites (tertiary alicyclic amines) is 1. The normalized spacial score (nSPS) is 15.2. The molecule has 0 aliphatic carbocycles. The van der Waals surface area contributed by atoms with Crippen molar-refractivity contribution in [1.82, 2.24) is 20.5 Å². The lowest BCUT2D eigenvalue weighted by atomic mass is 9.96. The van der Waals surface area contributed by atoms with Gasteiger partial charge < -0.3 is 26.5 Å². The van der Waals surface area contributed by atoms with Gasteiger partial charge in [-0.3, -0.25) is 4.90 Å². The van der Waals surface area contributed by atoms with Crippen LogP contribution in [0.2, 0.25) is 10.0 Å². The van der Waals surface area contributed by atoms with Crippen LogP contribution in [0, 0.1) is 11.3 Å². The van der Waals surface area contributed by atoms with Gasteiger partial charge in [-0.05, 0) is 61.7 Å². The van der Waals surface area contributed by atoms with E-state index in [1.165, 1.54) is 6.20 Å². The molecule has 2 amide bonds. The van der Waals surface area contributed by atoms with Gasteiger partial charge in [0.2, 0.25) is 5.88 Å². The predicted octanol–water partition coefficient (Wildman–Crippen LogP) is 4.02. The molecule has 1 fully saturated rings. The molecule has 0 radical (unpaired) electrons. The number of ether oxygens (including phenoxy) is 1. The molecule has 0 saturated carbocycles. The average molecular weight is 491 g/mol. The minimum absolute atomic E-state index is 0.147. The lowest BCUT2D eigenvalue weighted by Gasteiger charge is -2.32. The van der Waals surface area contributed by atoms with Crippen molar-refractivity contribution in [3.05, 3.63) is 57.9 Å². The second kappa shape index (κ2) is 11.9. The van der Waals surface area contributed by atoms with Crippen molar-refractivity contribution in [2.45, 2.75) is 19.4 Å². The number of urea groups is 1. The van der Waals surface area contributed by atoms with E-state index in [-0.39, 0.29) is 11.8 Å². The molecule has 2 aromatic rings. The predicted molar refractivity (Wildman–Crippen MR) is 132 cm³/mol. The fourth-order valence-electron chi connectivity index (χ4n) is 3.72. The minimum Gasteiger partial charge on any atom is -0.436 e. The summed E-state index contributed by atoms with van der Waals surface area (Å²) in [5, 5.41) is 13.9. The van der Waals surface area contributed by atoms with Crippen LogP contribution in [0.4, 0.5) is 4.79 Å². The van der Waals surface area contributed by atoms with Gasteiger partial charge in [-0.2, -0.15) is 0 Å². The number of nitrogens with two attached hydrogens (primary N) is 1. The molecule has 1 aromatic heterocycles. The fourth-order valence-corrected chi connectivity index (χ4v) is 4.24. The van der Waals surface area contributed by atoms with Crippen molar-refractivity contribution in [3.63, 3.8) is 0 Å². The van der Waals surface area contributed by atoms with Gasteiger partial charge in [-0.1, -0.05) is 23.2 Å². The van der Waals surface area contributed by atoms with E-state index < -0.39 is 0 Å². The number of piperidine rings is 1. The van der Waals surface area contributed by atoms with Crippen LogP contribution in [0.15, 0.2) is 42.3 Å². The molecule has 8 nitrogen and oxygen atoms in total. The van der Waals surface area contributed by atoms with Crippen molar-refractivity contribution < 1.29 is 9.53 Å². The Kier molecular flexibility index (Phi) is 8.94. The fraction of sp³-hybridized carbons (Fsp3) is 0.348. The molecule has 0 bridgehead atoms. The van der Waals surface area contributed by atoms with E-state index in [2.05, 4.69) is 20.5 Å². The molecule has 0 unspecified atom stereocenters. The van der Waals surface area contributed by atoms with Gasteiger partial charge in [-0.15, -0.1) is 0 Å². The Hall–Kier alpha value is -2.81. The lowest BCUT2D eigenvalue weighted by Crippen LogP contribution is -2.40. The van der Waals surface area contributed by atoms with Crippen molar-refractivity contribution in [2.24, 2.45) is 11.7 Å². The first kappa shape index (κ1) is 24.8. The number of pyridine rings is 1. The van der Waals surface area contributed by atoms with Crippen molar-refractivity contribution in [1.29, 1.82) is 5.41 Å². The monoisotopic (exact) mass is 490 g/mol. The first-order chi connectivity index (χ1) is 15.9. The van der Waals surface area contributed by atoms with Gasteiger partial charge in [0.25, 0.3) is 0 Å². The third-order valence-electron chi connectivity index (χ3n) is 5.44. The second-order valence-corrected chi connectivity index (χ2v) is 8.72. The molecule has 1 saturated heterocycles. The molecule has 1 aromatic carbocycles. The molecule has 5 N–H and O–H groups in total. The van der Waals surface area contributed by atoms with E-state index in [9.17, 15) is 4.79 Å². The van der Waals surface area contributed by atoms with Crippen LogP contribution in [0.3, 0.4) is 0 Å². The van der Waals surface area contributed by atoms with Crippen LogP contribution in [0.5, 0.6) is 5.88 Å². The summed E-state index contributed by atoms with van der Waals surface area (Å²) in [5.41, 5.74) is 7.98. The number of aromatic nitrogens is 1. The molecule has 3 rings (SSSR count). The molecule has 33 heavy (non-hydrogen) atoms. The Morgan fingerprint density at radius 1 is 1.24 bits per heavy atom. The third-order valence-corrected chi connectivity index (χ3v) is 5.88. The standard InChI is InChI=1S/C23H28Cl2N6O2/c1-28-23(32)29-13-15-2-4-31(5-3-15)14-16-6-21(17-8-18(24)10-19(25)9-17)30-22(7-16)33-20(11-26)12-27/h6-12,15,26H,2-5,13-14,27H2,1H3,(H2,28,29,32)/b20-12+,26-11?. The molecule has 10 heteroatoms. The van der Waals surface area contributed by atoms with Crippen LogP contribution >= 0.6 is 23.2 Å². The smallest absolute Gasteiger partial charge is 0.314 e. The molecule has 0 spiro atoms. The Bertz CT molecular complexity index is 1000. The zero-order valence-electron chi connectivity index (χ0n) is 18.4. The molecule has 1 aliphatic rings. The van der Waals surface area contributed by atoms with Crippen molar-refractivity contribution in [2.75, 3.05) is 26.7 Å². The maximum Gasteiger partial charge on any atom is 0.314 e. The van der Waals surface area contributed by atoms with Crippen molar-refractivity contribution in [3.8, 4) is 17.1 Å². The summed E-state index contributed by atoms with van der Waals surface area (Å²) < 4.78 is 5.70. The van der Waals surface area contributed by atoms with E-state index in [1.54, 1.807) is 25.2 Å². The van der Waals surface area contributed by atoms with Crippen molar-refractivity contribution >= 4 is 35.4 Å². The SMILES string of the molecule is CNC(=O)NCC1CCN(Cc2cc(O/C(C=N)=C/N)nc(-c3cc(Cl)cc(Cl)c3)c2)CC1. The summed E-state index contributed by atoms with van der Waals surface area (Å²) in [5.74, 6) is 0.992. The van der Waals surface area contributed by atoms with Crippen LogP contribution in [-0.2, 0) is 6.54 Å². The highest BCUT2D eigenvalue weighted by molar-refractivity contribution is 6.35. The zero-order chi connectivity index (χ0) is 23.8. The Morgan fingerprint density at radius 3 is 2.55 bits per heavy atom. The maximum absolute atomic E-state index is 11.4. The minimum atomic E-state index is -0.147. The largest absolute Gasteiger partial charge is 0.436 e.